The predicted molar refractivity (Wildman–Crippen MR) is 108 cm³/mol. The van der Waals surface area contributed by atoms with Gasteiger partial charge in [-0.25, -0.2) is 23.1 Å². The number of sulfonamides is 1. The number of likely N-dealkylation sites (tertiary alicyclic amines) is 1. The molecule has 0 spiro atoms. The number of amides is 2. The van der Waals surface area contributed by atoms with E-state index in [0.717, 1.165) is 0 Å². The third kappa shape index (κ3) is 5.29. The van der Waals surface area contributed by atoms with Crippen LogP contribution in [0.3, 0.4) is 0 Å². The van der Waals surface area contributed by atoms with Gasteiger partial charge >= 0.3 is 0 Å². The summed E-state index contributed by atoms with van der Waals surface area (Å²) in [6.45, 7) is 4.39. The molecule has 1 fully saturated rings. The molecule has 2 aromatic rings. The lowest BCUT2D eigenvalue weighted by Gasteiger charge is -2.30. The van der Waals surface area contributed by atoms with Gasteiger partial charge in [0.2, 0.25) is 17.8 Å². The molecule has 0 unspecified atom stereocenters. The highest BCUT2D eigenvalue weighted by Crippen LogP contribution is 2.21. The molecule has 2 amide bonds. The predicted octanol–water partition coefficient (Wildman–Crippen LogP) is 1.78. The fourth-order valence-electron chi connectivity index (χ4n) is 3.10. The summed E-state index contributed by atoms with van der Waals surface area (Å²) < 4.78 is 27.3. The molecule has 2 heterocycles. The minimum absolute atomic E-state index is 0.000664. The van der Waals surface area contributed by atoms with E-state index in [0.29, 0.717) is 37.3 Å². The maximum atomic E-state index is 12.5. The Kier molecular flexibility index (Phi) is 6.12. The molecule has 1 saturated heterocycles. The van der Waals surface area contributed by atoms with Gasteiger partial charge in [0.15, 0.2) is 0 Å². The van der Waals surface area contributed by atoms with Gasteiger partial charge < -0.3 is 10.2 Å². The number of piperidine rings is 1. The second-order valence-electron chi connectivity index (χ2n) is 6.92. The van der Waals surface area contributed by atoms with E-state index < -0.39 is 10.0 Å². The molecule has 154 valence electrons. The van der Waals surface area contributed by atoms with Crippen molar-refractivity contribution in [1.82, 2.24) is 14.9 Å². The highest BCUT2D eigenvalue weighted by molar-refractivity contribution is 7.92. The maximum absolute atomic E-state index is 12.5. The van der Waals surface area contributed by atoms with Crippen LogP contribution in [-0.2, 0) is 19.6 Å². The zero-order valence-electron chi connectivity index (χ0n) is 16.3. The maximum Gasteiger partial charge on any atom is 0.264 e. The standard InChI is InChI=1S/C19H23N5O4S/c1-13-7-10-20-19(21-13)23-29(27,28)17-5-3-16(4-6-17)22-18(26)15-8-11-24(12-9-15)14(2)25/h3-7,10,15H,8-9,11-12H2,1-2H3,(H,22,26)(H,20,21,23). The minimum atomic E-state index is -3.84. The van der Waals surface area contributed by atoms with Crippen molar-refractivity contribution in [3.63, 3.8) is 0 Å². The molecule has 29 heavy (non-hydrogen) atoms. The number of benzene rings is 1. The summed E-state index contributed by atoms with van der Waals surface area (Å²) >= 11 is 0. The van der Waals surface area contributed by atoms with Crippen LogP contribution in [0, 0.1) is 12.8 Å². The van der Waals surface area contributed by atoms with Crippen molar-refractivity contribution in [2.24, 2.45) is 5.92 Å². The lowest BCUT2D eigenvalue weighted by molar-refractivity contribution is -0.132. The Labute approximate surface area is 169 Å². The fraction of sp³-hybridized carbons (Fsp3) is 0.368. The quantitative estimate of drug-likeness (QED) is 0.765. The molecule has 0 saturated carbocycles. The van der Waals surface area contributed by atoms with Crippen molar-refractivity contribution in [3.8, 4) is 0 Å². The Bertz CT molecular complexity index is 1000. The Morgan fingerprint density at radius 2 is 1.76 bits per heavy atom. The van der Waals surface area contributed by atoms with Crippen molar-refractivity contribution in [1.29, 1.82) is 0 Å². The van der Waals surface area contributed by atoms with Gasteiger partial charge in [0.1, 0.15) is 0 Å². The highest BCUT2D eigenvalue weighted by Gasteiger charge is 2.26. The van der Waals surface area contributed by atoms with Crippen molar-refractivity contribution in [2.75, 3.05) is 23.1 Å². The minimum Gasteiger partial charge on any atom is -0.343 e. The average molecular weight is 417 g/mol. The Balaban J connectivity index is 1.61. The summed E-state index contributed by atoms with van der Waals surface area (Å²) in [4.78, 5) is 33.5. The largest absolute Gasteiger partial charge is 0.343 e. The first-order chi connectivity index (χ1) is 13.7. The van der Waals surface area contributed by atoms with E-state index in [2.05, 4.69) is 20.0 Å². The molecule has 1 aromatic heterocycles. The Hall–Kier alpha value is -3.01. The summed E-state index contributed by atoms with van der Waals surface area (Å²) in [7, 11) is -3.84. The van der Waals surface area contributed by atoms with Gasteiger partial charge in [0, 0.05) is 43.5 Å². The third-order valence-electron chi connectivity index (χ3n) is 4.76. The van der Waals surface area contributed by atoms with Gasteiger partial charge in [-0.2, -0.15) is 0 Å². The van der Waals surface area contributed by atoms with Crippen LogP contribution in [0.1, 0.15) is 25.5 Å². The molecule has 0 bridgehead atoms. The number of carbonyl (C=O) groups is 2. The van der Waals surface area contributed by atoms with Gasteiger partial charge in [0.05, 0.1) is 4.90 Å². The van der Waals surface area contributed by atoms with Crippen LogP contribution in [0.4, 0.5) is 11.6 Å². The lowest BCUT2D eigenvalue weighted by atomic mass is 9.96. The summed E-state index contributed by atoms with van der Waals surface area (Å²) in [6, 6.07) is 7.56. The average Bonchev–Trinajstić information content (AvgIpc) is 2.68. The monoisotopic (exact) mass is 417 g/mol. The van der Waals surface area contributed by atoms with E-state index in [4.69, 9.17) is 0 Å². The molecular weight excluding hydrogens is 394 g/mol. The smallest absolute Gasteiger partial charge is 0.264 e. The second-order valence-corrected chi connectivity index (χ2v) is 8.60. The van der Waals surface area contributed by atoms with E-state index in [1.807, 2.05) is 0 Å². The SMILES string of the molecule is CC(=O)N1CCC(C(=O)Nc2ccc(S(=O)(=O)Nc3nccc(C)n3)cc2)CC1. The van der Waals surface area contributed by atoms with Crippen molar-refractivity contribution in [3.05, 3.63) is 42.2 Å². The number of anilines is 2. The van der Waals surface area contributed by atoms with Crippen LogP contribution >= 0.6 is 0 Å². The Morgan fingerprint density at radius 3 is 2.34 bits per heavy atom. The van der Waals surface area contributed by atoms with Crippen molar-refractivity contribution < 1.29 is 18.0 Å². The molecular formula is C19H23N5O4S. The van der Waals surface area contributed by atoms with Crippen LogP contribution in [-0.4, -0.2) is 48.2 Å². The normalized spacial score (nSPS) is 15.0. The molecule has 9 nitrogen and oxygen atoms in total. The van der Waals surface area contributed by atoms with Crippen LogP contribution in [0.25, 0.3) is 0 Å². The van der Waals surface area contributed by atoms with Gasteiger partial charge in [-0.15, -0.1) is 0 Å². The van der Waals surface area contributed by atoms with Gasteiger partial charge in [-0.05, 0) is 50.1 Å². The van der Waals surface area contributed by atoms with Crippen molar-refractivity contribution in [2.45, 2.75) is 31.6 Å². The number of carbonyl (C=O) groups excluding carboxylic acids is 2. The molecule has 2 N–H and O–H groups in total. The number of hydrogen-bond donors (Lipinski definition) is 2. The topological polar surface area (TPSA) is 121 Å². The number of nitrogens with zero attached hydrogens (tertiary/aromatic N) is 3. The zero-order valence-corrected chi connectivity index (χ0v) is 17.1. The van der Waals surface area contributed by atoms with E-state index in [-0.39, 0.29) is 28.6 Å². The number of rotatable bonds is 5. The molecule has 3 rings (SSSR count). The molecule has 0 aliphatic carbocycles. The molecule has 1 aliphatic rings. The molecule has 1 aromatic carbocycles. The molecule has 0 atom stereocenters. The highest BCUT2D eigenvalue weighted by atomic mass is 32.2. The van der Waals surface area contributed by atoms with Gasteiger partial charge in [-0.1, -0.05) is 0 Å². The summed E-state index contributed by atoms with van der Waals surface area (Å²) in [5.41, 5.74) is 1.15. The second kappa shape index (κ2) is 8.56. The van der Waals surface area contributed by atoms with Crippen LogP contribution in [0.15, 0.2) is 41.4 Å². The zero-order chi connectivity index (χ0) is 21.0. The van der Waals surface area contributed by atoms with Crippen LogP contribution in [0.5, 0.6) is 0 Å². The first-order valence-corrected chi connectivity index (χ1v) is 10.7. The summed E-state index contributed by atoms with van der Waals surface area (Å²) in [5.74, 6) is -0.283. The molecule has 10 heteroatoms. The summed E-state index contributed by atoms with van der Waals surface area (Å²) in [6.07, 6.45) is 2.69. The van der Waals surface area contributed by atoms with Crippen LogP contribution < -0.4 is 10.0 Å². The first-order valence-electron chi connectivity index (χ1n) is 9.23. The third-order valence-corrected chi connectivity index (χ3v) is 6.11. The Morgan fingerprint density at radius 1 is 1.10 bits per heavy atom. The van der Waals surface area contributed by atoms with Gasteiger partial charge in [-0.3, -0.25) is 9.59 Å². The van der Waals surface area contributed by atoms with E-state index in [1.165, 1.54) is 37.4 Å². The molecule has 0 radical (unpaired) electrons. The number of aryl methyl sites for hydroxylation is 1. The van der Waals surface area contributed by atoms with Crippen molar-refractivity contribution >= 4 is 33.5 Å². The van der Waals surface area contributed by atoms with E-state index in [9.17, 15) is 18.0 Å². The number of hydrogen-bond acceptors (Lipinski definition) is 6. The van der Waals surface area contributed by atoms with Crippen LogP contribution in [0.2, 0.25) is 0 Å². The lowest BCUT2D eigenvalue weighted by Crippen LogP contribution is -2.40. The fourth-order valence-corrected chi connectivity index (χ4v) is 4.05. The van der Waals surface area contributed by atoms with E-state index >= 15 is 0 Å². The number of nitrogens with one attached hydrogen (secondary N) is 2. The van der Waals surface area contributed by atoms with Gasteiger partial charge in [0.25, 0.3) is 10.0 Å². The summed E-state index contributed by atoms with van der Waals surface area (Å²) in [5, 5.41) is 2.81. The van der Waals surface area contributed by atoms with E-state index in [1.54, 1.807) is 17.9 Å². The number of aromatic nitrogens is 2. The molecule has 1 aliphatic heterocycles. The first kappa shape index (κ1) is 20.7.